The summed E-state index contributed by atoms with van der Waals surface area (Å²) in [6.45, 7) is 0.689. The zero-order chi connectivity index (χ0) is 20.1. The van der Waals surface area contributed by atoms with Crippen molar-refractivity contribution >= 4 is 0 Å². The molecule has 1 aromatic heterocycles. The highest BCUT2D eigenvalue weighted by Crippen LogP contribution is 2.29. The second-order valence-corrected chi connectivity index (χ2v) is 6.60. The molecule has 0 fully saturated rings. The first-order valence-electron chi connectivity index (χ1n) is 8.70. The van der Waals surface area contributed by atoms with Gasteiger partial charge in [0.05, 0.1) is 18.2 Å². The van der Waals surface area contributed by atoms with Crippen molar-refractivity contribution in [1.82, 2.24) is 15.0 Å². The van der Waals surface area contributed by atoms with Gasteiger partial charge in [0.25, 0.3) is 0 Å². The zero-order valence-electron chi connectivity index (χ0n) is 15.2. The highest BCUT2D eigenvalue weighted by atomic mass is 19.4. The molecular formula is C20H20F3N3O2. The van der Waals surface area contributed by atoms with Gasteiger partial charge in [0.1, 0.15) is 0 Å². The molecule has 5 nitrogen and oxygen atoms in total. The molecule has 0 spiro atoms. The summed E-state index contributed by atoms with van der Waals surface area (Å²) < 4.78 is 43.6. The summed E-state index contributed by atoms with van der Waals surface area (Å²) in [5.41, 5.74) is 0.559. The molecule has 0 aliphatic rings. The third kappa shape index (κ3) is 5.40. The third-order valence-corrected chi connectivity index (χ3v) is 4.20. The summed E-state index contributed by atoms with van der Waals surface area (Å²) in [4.78, 5) is 6.07. The number of alkyl halides is 3. The van der Waals surface area contributed by atoms with Gasteiger partial charge in [-0.2, -0.15) is 18.2 Å². The lowest BCUT2D eigenvalue weighted by molar-refractivity contribution is -0.137. The van der Waals surface area contributed by atoms with Crippen LogP contribution in [0.5, 0.6) is 0 Å². The van der Waals surface area contributed by atoms with Crippen molar-refractivity contribution in [2.24, 2.45) is 0 Å². The number of aliphatic hydroxyl groups excluding tert-OH is 1. The molecule has 0 radical (unpaired) electrons. The van der Waals surface area contributed by atoms with Gasteiger partial charge < -0.3 is 9.63 Å². The van der Waals surface area contributed by atoms with Gasteiger partial charge in [0.2, 0.25) is 5.89 Å². The number of aliphatic hydroxyl groups is 1. The molecule has 3 aromatic rings. The van der Waals surface area contributed by atoms with E-state index < -0.39 is 17.8 Å². The van der Waals surface area contributed by atoms with Crippen LogP contribution in [-0.4, -0.2) is 33.7 Å². The Balaban J connectivity index is 1.58. The van der Waals surface area contributed by atoms with E-state index >= 15 is 0 Å². The molecule has 3 rings (SSSR count). The molecule has 0 aliphatic carbocycles. The minimum absolute atomic E-state index is 0.143. The third-order valence-electron chi connectivity index (χ3n) is 4.20. The fourth-order valence-corrected chi connectivity index (χ4v) is 2.84. The minimum Gasteiger partial charge on any atom is -0.387 e. The van der Waals surface area contributed by atoms with Crippen molar-refractivity contribution in [1.29, 1.82) is 0 Å². The van der Waals surface area contributed by atoms with Gasteiger partial charge in [-0.3, -0.25) is 4.90 Å². The fraction of sp³-hybridized carbons (Fsp3) is 0.300. The van der Waals surface area contributed by atoms with Gasteiger partial charge in [-0.15, -0.1) is 0 Å². The van der Waals surface area contributed by atoms with E-state index in [9.17, 15) is 18.3 Å². The molecule has 8 heteroatoms. The number of likely N-dealkylation sites (N-methyl/N-ethyl adjacent to an activating group) is 1. The van der Waals surface area contributed by atoms with Gasteiger partial charge in [-0.25, -0.2) is 0 Å². The molecule has 148 valence electrons. The summed E-state index contributed by atoms with van der Waals surface area (Å²) in [5.74, 6) is 0.649. The number of benzene rings is 2. The average Bonchev–Trinajstić information content (AvgIpc) is 3.08. The van der Waals surface area contributed by atoms with Gasteiger partial charge in [0.15, 0.2) is 5.82 Å². The molecule has 1 heterocycles. The normalized spacial score (nSPS) is 13.1. The highest BCUT2D eigenvalue weighted by Gasteiger charge is 2.30. The second kappa shape index (κ2) is 8.53. The average molecular weight is 391 g/mol. The van der Waals surface area contributed by atoms with Crippen LogP contribution in [0.4, 0.5) is 13.2 Å². The van der Waals surface area contributed by atoms with Crippen molar-refractivity contribution < 1.29 is 22.8 Å². The summed E-state index contributed by atoms with van der Waals surface area (Å²) in [6, 6.07) is 14.3. The Morgan fingerprint density at radius 1 is 1.11 bits per heavy atom. The number of rotatable bonds is 7. The lowest BCUT2D eigenvalue weighted by Crippen LogP contribution is -2.24. The summed E-state index contributed by atoms with van der Waals surface area (Å²) >= 11 is 0. The molecule has 0 bridgehead atoms. The Labute approximate surface area is 160 Å². The molecule has 28 heavy (non-hydrogen) atoms. The van der Waals surface area contributed by atoms with Crippen molar-refractivity contribution in [3.63, 3.8) is 0 Å². The van der Waals surface area contributed by atoms with E-state index in [0.717, 1.165) is 17.7 Å². The van der Waals surface area contributed by atoms with Gasteiger partial charge in [-0.1, -0.05) is 53.7 Å². The maximum Gasteiger partial charge on any atom is 0.416 e. The Morgan fingerprint density at radius 3 is 2.57 bits per heavy atom. The quantitative estimate of drug-likeness (QED) is 0.663. The second-order valence-electron chi connectivity index (χ2n) is 6.60. The molecule has 0 saturated heterocycles. The smallest absolute Gasteiger partial charge is 0.387 e. The topological polar surface area (TPSA) is 62.4 Å². The van der Waals surface area contributed by atoms with Crippen molar-refractivity contribution in [2.75, 3.05) is 13.6 Å². The first kappa shape index (κ1) is 20.0. The first-order chi connectivity index (χ1) is 13.3. The summed E-state index contributed by atoms with van der Waals surface area (Å²) in [7, 11) is 1.81. The van der Waals surface area contributed by atoms with Crippen LogP contribution in [0.15, 0.2) is 59.1 Å². The lowest BCUT2D eigenvalue weighted by atomic mass is 10.1. The van der Waals surface area contributed by atoms with Crippen LogP contribution in [0.1, 0.15) is 34.5 Å². The fourth-order valence-electron chi connectivity index (χ4n) is 2.84. The Hall–Kier alpha value is -2.71. The van der Waals surface area contributed by atoms with Crippen molar-refractivity contribution in [2.45, 2.75) is 25.2 Å². The minimum atomic E-state index is -4.39. The van der Waals surface area contributed by atoms with Crippen LogP contribution in [0, 0.1) is 0 Å². The zero-order valence-corrected chi connectivity index (χ0v) is 15.2. The van der Waals surface area contributed by atoms with Crippen LogP contribution in [0.2, 0.25) is 0 Å². The van der Waals surface area contributed by atoms with Crippen LogP contribution >= 0.6 is 0 Å². The monoisotopic (exact) mass is 391 g/mol. The number of halogens is 3. The van der Waals surface area contributed by atoms with Crippen molar-refractivity contribution in [3.05, 3.63) is 83.0 Å². The molecule has 1 N–H and O–H groups in total. The predicted molar refractivity (Wildman–Crippen MR) is 96.3 cm³/mol. The number of nitrogens with zero attached hydrogens (tertiary/aromatic N) is 3. The van der Waals surface area contributed by atoms with E-state index in [-0.39, 0.29) is 6.42 Å². The molecule has 0 saturated carbocycles. The van der Waals surface area contributed by atoms with E-state index in [2.05, 4.69) is 10.1 Å². The highest BCUT2D eigenvalue weighted by molar-refractivity contribution is 5.27. The van der Waals surface area contributed by atoms with E-state index in [1.807, 2.05) is 42.3 Å². The Bertz CT molecular complexity index is 897. The molecule has 0 aliphatic heterocycles. The lowest BCUT2D eigenvalue weighted by Gasteiger charge is -2.19. The number of hydrogen-bond donors (Lipinski definition) is 1. The van der Waals surface area contributed by atoms with Gasteiger partial charge in [-0.05, 0) is 24.2 Å². The molecular weight excluding hydrogens is 371 g/mol. The van der Waals surface area contributed by atoms with E-state index in [1.54, 1.807) is 6.07 Å². The van der Waals surface area contributed by atoms with Crippen LogP contribution in [0.3, 0.4) is 0 Å². The first-order valence-corrected chi connectivity index (χ1v) is 8.70. The molecule has 0 amide bonds. The van der Waals surface area contributed by atoms with E-state index in [0.29, 0.717) is 30.4 Å². The van der Waals surface area contributed by atoms with Crippen molar-refractivity contribution in [3.8, 4) is 0 Å². The van der Waals surface area contributed by atoms with Crippen LogP contribution in [0.25, 0.3) is 0 Å². The standard InChI is InChI=1S/C20H20F3N3O2/c1-26(12-17(27)15-7-3-2-4-8-15)13-19-24-18(25-28-19)11-14-6-5-9-16(10-14)20(21,22)23/h2-10,17,27H,11-13H2,1H3. The molecule has 1 unspecified atom stereocenters. The number of hydrogen-bond acceptors (Lipinski definition) is 5. The van der Waals surface area contributed by atoms with Crippen LogP contribution < -0.4 is 0 Å². The Kier molecular flexibility index (Phi) is 6.11. The maximum absolute atomic E-state index is 12.8. The number of aromatic nitrogens is 2. The van der Waals surface area contributed by atoms with Gasteiger partial charge >= 0.3 is 6.18 Å². The summed E-state index contributed by atoms with van der Waals surface area (Å²) in [5, 5.41) is 14.1. The largest absolute Gasteiger partial charge is 0.416 e. The summed E-state index contributed by atoms with van der Waals surface area (Å²) in [6.07, 6.45) is -4.90. The molecule has 1 atom stereocenters. The SMILES string of the molecule is CN(Cc1nc(Cc2cccc(C(F)(F)F)c2)no1)CC(O)c1ccccc1. The molecule has 2 aromatic carbocycles. The van der Waals surface area contributed by atoms with Crippen LogP contribution in [-0.2, 0) is 19.1 Å². The van der Waals surface area contributed by atoms with E-state index in [4.69, 9.17) is 4.52 Å². The van der Waals surface area contributed by atoms with E-state index in [1.165, 1.54) is 6.07 Å². The predicted octanol–water partition coefficient (Wildman–Crippen LogP) is 3.84. The maximum atomic E-state index is 12.8. The Morgan fingerprint density at radius 2 is 1.86 bits per heavy atom. The van der Waals surface area contributed by atoms with Gasteiger partial charge in [0, 0.05) is 13.0 Å².